The quantitative estimate of drug-likeness (QED) is 0.0669. The average molecular weight is 1330 g/mol. The number of rotatable bonds is 13. The minimum Gasteiger partial charge on any atom is -0.456 e. The monoisotopic (exact) mass is 1330 g/mol. The van der Waals surface area contributed by atoms with Gasteiger partial charge in [-0.25, -0.2) is 28.8 Å². The molecule has 0 aromatic heterocycles. The van der Waals surface area contributed by atoms with E-state index in [2.05, 4.69) is 46.4 Å². The molecule has 16 aliphatic carbocycles. The number of hydrogen-bond donors (Lipinski definition) is 3. The van der Waals surface area contributed by atoms with Gasteiger partial charge in [-0.3, -0.25) is 8.98 Å². The van der Waals surface area contributed by atoms with Gasteiger partial charge < -0.3 is 43.7 Å². The molecule has 0 aromatic rings. The Balaban J connectivity index is 0.000000134. The molecule has 522 valence electrons. The number of esters is 6. The van der Waals surface area contributed by atoms with Crippen LogP contribution in [0.5, 0.6) is 0 Å². The van der Waals surface area contributed by atoms with E-state index in [1.807, 2.05) is 6.92 Å². The first kappa shape index (κ1) is 73.0. The molecule has 11 unspecified atom stereocenters. The van der Waals surface area contributed by atoms with Crippen LogP contribution in [0.15, 0.2) is 72.9 Å². The Kier molecular flexibility index (Phi) is 21.1. The van der Waals surface area contributed by atoms with Crippen molar-refractivity contribution in [3.8, 4) is 0 Å². The van der Waals surface area contributed by atoms with Gasteiger partial charge in [0, 0.05) is 82.8 Å². The summed E-state index contributed by atoms with van der Waals surface area (Å²) in [6.07, 6.45) is 23.6. The van der Waals surface area contributed by atoms with E-state index in [1.165, 1.54) is 32.1 Å². The predicted octanol–water partition coefficient (Wildman–Crippen LogP) is 11.6. The van der Waals surface area contributed by atoms with Crippen LogP contribution < -0.4 is 0 Å². The van der Waals surface area contributed by atoms with Crippen molar-refractivity contribution in [2.45, 2.75) is 297 Å². The minimum atomic E-state index is -3.43. The van der Waals surface area contributed by atoms with Gasteiger partial charge >= 0.3 is 35.8 Å². The van der Waals surface area contributed by atoms with Crippen LogP contribution in [0.3, 0.4) is 0 Å². The number of fused-ring (bicyclic) bond motifs is 1. The lowest BCUT2D eigenvalue weighted by Crippen LogP contribution is -2.66. The molecule has 0 spiro atoms. The third-order valence-electron chi connectivity index (χ3n) is 23.0. The third kappa shape index (κ3) is 16.3. The summed E-state index contributed by atoms with van der Waals surface area (Å²) in [5.74, 6) is 0.828. The van der Waals surface area contributed by atoms with E-state index in [9.17, 15) is 57.3 Å². The van der Waals surface area contributed by atoms with Crippen molar-refractivity contribution in [3.05, 3.63) is 72.9 Å². The minimum absolute atomic E-state index is 0.00733. The Morgan fingerprint density at radius 1 is 0.479 bits per heavy atom. The van der Waals surface area contributed by atoms with E-state index in [-0.39, 0.29) is 75.5 Å². The molecule has 16 saturated carbocycles. The van der Waals surface area contributed by atoms with Crippen LogP contribution in [0.25, 0.3) is 0 Å². The van der Waals surface area contributed by atoms with E-state index in [1.54, 1.807) is 41.5 Å². The van der Waals surface area contributed by atoms with Crippen molar-refractivity contribution in [1.29, 1.82) is 0 Å². The average Bonchev–Trinajstić information content (AvgIpc) is 0.991. The van der Waals surface area contributed by atoms with Crippen LogP contribution in [-0.4, -0.2) is 128 Å². The maximum Gasteiger partial charge on any atom is 0.333 e. The first-order valence-corrected chi connectivity index (χ1v) is 36.1. The van der Waals surface area contributed by atoms with Crippen molar-refractivity contribution >= 4 is 51.7 Å². The van der Waals surface area contributed by atoms with Crippen LogP contribution in [0.4, 0.5) is 0 Å². The molecule has 3 N–H and O–H groups in total. The highest BCUT2D eigenvalue weighted by atomic mass is 32.2. The molecule has 20 heteroatoms. The Bertz CT molecular complexity index is 3140. The van der Waals surface area contributed by atoms with Crippen LogP contribution in [0.1, 0.15) is 235 Å². The van der Waals surface area contributed by atoms with E-state index in [4.69, 9.17) is 32.6 Å². The zero-order valence-corrected chi connectivity index (χ0v) is 58.0. The maximum atomic E-state index is 12.0. The Hall–Kier alpha value is -5.28. The molecule has 0 radical (unpaired) electrons. The van der Waals surface area contributed by atoms with Gasteiger partial charge in [0.05, 0.1) is 22.1 Å². The first-order valence-electron chi connectivity index (χ1n) is 34.6. The lowest BCUT2D eigenvalue weighted by atomic mass is 9.50. The smallest absolute Gasteiger partial charge is 0.333 e. The van der Waals surface area contributed by atoms with E-state index in [0.29, 0.717) is 89.1 Å². The zero-order chi connectivity index (χ0) is 69.1. The van der Waals surface area contributed by atoms with Gasteiger partial charge in [0.15, 0.2) is 0 Å². The zero-order valence-electron chi connectivity index (χ0n) is 57.2. The van der Waals surface area contributed by atoms with E-state index < -0.39 is 62.3 Å². The molecule has 17 rings (SSSR count). The standard InChI is InChI=1S/C14H20O4.C14H20O3.C14H18O3.C11H14O5S.C11H18O2.C10H16O2/c1-9(2)11(15)18-14-5-10-3-12(16,7-14)6-13(17,4-10)8-14;1-9(2)12(15)17-14-6-10-3-11(7-14)5-13(16,4-10)8-14;1-8(2)13(16)17-14-5-9-3-10(6-14)12(15)11(4-9)7-14;1-5(2)11(12)15-9-6-3-7-8(4-6)17(13,14)16-10(7)9;1-4-11(7-5-6-8-11)13-10(12)9(2)3;1-8(2)9(11)12-10(3)6-4-5-7-10/h10,16-17H,1,3-8H2,2H3;10-11,16H,1,3-8H2,2H3;9-11H,1,3-7H2,2H3;6-10H,1,3-4H2,2H3;2,4-8H2,1,3H3;1,4-7H2,2-3H3. The summed E-state index contributed by atoms with van der Waals surface area (Å²) in [6, 6.07) is 0. The molecule has 94 heavy (non-hydrogen) atoms. The SMILES string of the molecule is C=C(C)C(=O)OC1(C)CCCC1.C=C(C)C(=O)OC1(CC)CCCC1.C=C(C)C(=O)OC12CC3CC(C1)C(=O)C(C3)C2.C=C(C)C(=O)OC12CC3CC(CC(O)(C3)C1)C2.C=C(C)C(=O)OC12CC3CC(O)(CC(O)(C3)C1)C2.C=C(C)C(=O)OC1C2CC3C1OS(=O)(=O)C3C2. The summed E-state index contributed by atoms with van der Waals surface area (Å²) in [5, 5.41) is 31.1. The Morgan fingerprint density at radius 3 is 1.36 bits per heavy atom. The van der Waals surface area contributed by atoms with E-state index >= 15 is 0 Å². The molecule has 17 fully saturated rings. The summed E-state index contributed by atoms with van der Waals surface area (Å²) in [5.41, 5.74) is -1.51. The highest BCUT2D eigenvalue weighted by molar-refractivity contribution is 7.87. The lowest BCUT2D eigenvalue weighted by molar-refractivity contribution is -0.260. The molecule has 0 amide bonds. The second-order valence-corrected chi connectivity index (χ2v) is 34.1. The third-order valence-corrected chi connectivity index (χ3v) is 24.8. The fourth-order valence-corrected chi connectivity index (χ4v) is 21.8. The number of carbonyl (C=O) groups excluding carboxylic acids is 7. The fraction of sp³-hybridized carbons (Fsp3) is 0.743. The van der Waals surface area contributed by atoms with Crippen molar-refractivity contribution in [2.24, 2.45) is 47.3 Å². The molecule has 1 aliphatic heterocycles. The number of aliphatic hydroxyl groups is 3. The first-order chi connectivity index (χ1) is 43.6. The summed E-state index contributed by atoms with van der Waals surface area (Å²) < 4.78 is 61.4. The van der Waals surface area contributed by atoms with Crippen molar-refractivity contribution in [2.75, 3.05) is 0 Å². The second-order valence-electron chi connectivity index (χ2n) is 32.3. The normalized spacial score (nSPS) is 39.1. The number of ether oxygens (including phenoxy) is 6. The van der Waals surface area contributed by atoms with Gasteiger partial charge in [0.1, 0.15) is 46.0 Å². The molecule has 17 aliphatic rings. The molecule has 1 saturated heterocycles. The highest BCUT2D eigenvalue weighted by Gasteiger charge is 2.67. The maximum absolute atomic E-state index is 12.0. The van der Waals surface area contributed by atoms with Crippen LogP contribution >= 0.6 is 0 Å². The number of carbonyl (C=O) groups is 7. The van der Waals surface area contributed by atoms with Gasteiger partial charge in [-0.1, -0.05) is 46.4 Å². The lowest BCUT2D eigenvalue weighted by Gasteiger charge is -2.62. The summed E-state index contributed by atoms with van der Waals surface area (Å²) in [7, 11) is -3.43. The van der Waals surface area contributed by atoms with Crippen LogP contribution in [0.2, 0.25) is 0 Å². The largest absolute Gasteiger partial charge is 0.456 e. The van der Waals surface area contributed by atoms with Crippen LogP contribution in [-0.2, 0) is 76.3 Å². The Labute approximate surface area is 556 Å². The topological polar surface area (TPSA) is 279 Å². The summed E-state index contributed by atoms with van der Waals surface area (Å²) in [4.78, 5) is 81.2. The van der Waals surface area contributed by atoms with Crippen LogP contribution in [0, 0.1) is 47.3 Å². The summed E-state index contributed by atoms with van der Waals surface area (Å²) >= 11 is 0. The van der Waals surface area contributed by atoms with Gasteiger partial charge in [0.2, 0.25) is 0 Å². The van der Waals surface area contributed by atoms with Crippen molar-refractivity contribution in [3.63, 3.8) is 0 Å². The van der Waals surface area contributed by atoms with Gasteiger partial charge in [-0.2, -0.15) is 8.42 Å². The fourth-order valence-electron chi connectivity index (χ4n) is 19.9. The molecule has 14 bridgehead atoms. The highest BCUT2D eigenvalue weighted by Crippen LogP contribution is 2.62. The molecular weight excluding hydrogens is 1220 g/mol. The molecular formula is C74H106O19S. The number of hydrogen-bond acceptors (Lipinski definition) is 19. The van der Waals surface area contributed by atoms with Crippen molar-refractivity contribution in [1.82, 2.24) is 0 Å². The van der Waals surface area contributed by atoms with Gasteiger partial charge in [-0.15, -0.1) is 0 Å². The molecule has 19 nitrogen and oxygen atoms in total. The predicted molar refractivity (Wildman–Crippen MR) is 349 cm³/mol. The number of Topliss-reactive ketones (excluding diaryl/α,β-unsaturated/α-hetero) is 1. The number of ketones is 1. The van der Waals surface area contributed by atoms with Gasteiger partial charge in [0.25, 0.3) is 10.1 Å². The Morgan fingerprint density at radius 2 is 0.894 bits per heavy atom. The second kappa shape index (κ2) is 27.2. The van der Waals surface area contributed by atoms with E-state index in [0.717, 1.165) is 116 Å². The molecule has 0 aromatic carbocycles. The van der Waals surface area contributed by atoms with Crippen molar-refractivity contribution < 1.29 is 89.9 Å². The summed E-state index contributed by atoms with van der Waals surface area (Å²) in [6.45, 7) is 35.5. The molecule has 1 heterocycles. The van der Waals surface area contributed by atoms with Gasteiger partial charge in [-0.05, 0) is 226 Å². The molecule has 11 atom stereocenters.